The highest BCUT2D eigenvalue weighted by Crippen LogP contribution is 2.32. The smallest absolute Gasteiger partial charge is 0.131 e. The molecule has 150 valence electrons. The van der Waals surface area contributed by atoms with E-state index in [1.807, 2.05) is 24.3 Å². The van der Waals surface area contributed by atoms with Gasteiger partial charge in [-0.2, -0.15) is 0 Å². The van der Waals surface area contributed by atoms with Crippen molar-refractivity contribution in [2.75, 3.05) is 42.7 Å². The fraction of sp³-hybridized carbons (Fsp3) is 0.160. The van der Waals surface area contributed by atoms with Gasteiger partial charge in [-0.1, -0.05) is 30.3 Å². The van der Waals surface area contributed by atoms with E-state index in [9.17, 15) is 0 Å². The predicted octanol–water partition coefficient (Wildman–Crippen LogP) is 4.57. The lowest BCUT2D eigenvalue weighted by Crippen LogP contribution is -2.36. The van der Waals surface area contributed by atoms with E-state index in [4.69, 9.17) is 16.2 Å². The van der Waals surface area contributed by atoms with Gasteiger partial charge in [0, 0.05) is 35.4 Å². The van der Waals surface area contributed by atoms with E-state index in [2.05, 4.69) is 58.4 Å². The molecule has 0 amide bonds. The number of nitrogen functional groups attached to an aromatic ring is 2. The van der Waals surface area contributed by atoms with Gasteiger partial charge < -0.3 is 21.1 Å². The van der Waals surface area contributed by atoms with Gasteiger partial charge >= 0.3 is 0 Å². The lowest BCUT2D eigenvalue weighted by atomic mass is 10.00. The maximum Gasteiger partial charge on any atom is 0.131 e. The molecule has 4 aromatic rings. The van der Waals surface area contributed by atoms with E-state index >= 15 is 0 Å². The molecule has 5 heteroatoms. The highest BCUT2D eigenvalue weighted by molar-refractivity contribution is 5.91. The fourth-order valence-electron chi connectivity index (χ4n) is 3.99. The Morgan fingerprint density at radius 2 is 1.50 bits per heavy atom. The molecule has 0 radical (unpaired) electrons. The molecule has 1 saturated heterocycles. The summed E-state index contributed by atoms with van der Waals surface area (Å²) < 4.78 is 5.45. The van der Waals surface area contributed by atoms with Crippen LogP contribution >= 0.6 is 0 Å². The van der Waals surface area contributed by atoms with Crippen LogP contribution in [0.15, 0.2) is 72.8 Å². The quantitative estimate of drug-likeness (QED) is 0.496. The summed E-state index contributed by atoms with van der Waals surface area (Å²) in [6.45, 7) is 3.40. The third-order valence-electron chi connectivity index (χ3n) is 5.62. The molecule has 0 bridgehead atoms. The Kier molecular flexibility index (Phi) is 4.73. The van der Waals surface area contributed by atoms with Crippen LogP contribution in [-0.4, -0.2) is 31.3 Å². The SMILES string of the molecule is Nc1cccc(-c2ccc3nc(N)c(-c4ccc(N5CCOCC5)cc4)cc3c2)c1. The maximum atomic E-state index is 6.31. The third kappa shape index (κ3) is 3.55. The van der Waals surface area contributed by atoms with Crippen LogP contribution in [0.3, 0.4) is 0 Å². The Morgan fingerprint density at radius 1 is 0.767 bits per heavy atom. The summed E-state index contributed by atoms with van der Waals surface area (Å²) in [5.74, 6) is 0.540. The number of pyridine rings is 1. The second-order valence-corrected chi connectivity index (χ2v) is 7.60. The van der Waals surface area contributed by atoms with Crippen molar-refractivity contribution >= 4 is 28.1 Å². The summed E-state index contributed by atoms with van der Waals surface area (Å²) >= 11 is 0. The van der Waals surface area contributed by atoms with Gasteiger partial charge in [-0.15, -0.1) is 0 Å². The van der Waals surface area contributed by atoms with Gasteiger partial charge in [0.2, 0.25) is 0 Å². The first-order valence-electron chi connectivity index (χ1n) is 10.2. The van der Waals surface area contributed by atoms with Crippen LogP contribution in [0, 0.1) is 0 Å². The number of morpholine rings is 1. The Labute approximate surface area is 175 Å². The molecule has 0 unspecified atom stereocenters. The van der Waals surface area contributed by atoms with E-state index in [1.165, 1.54) is 5.69 Å². The minimum Gasteiger partial charge on any atom is -0.399 e. The molecule has 0 aliphatic carbocycles. The molecule has 30 heavy (non-hydrogen) atoms. The summed E-state index contributed by atoms with van der Waals surface area (Å²) in [6, 6.07) is 24.8. The molecular formula is C25H24N4O. The van der Waals surface area contributed by atoms with Crippen molar-refractivity contribution in [2.45, 2.75) is 0 Å². The number of aromatic nitrogens is 1. The molecule has 1 aliphatic heterocycles. The van der Waals surface area contributed by atoms with Gasteiger partial charge in [0.15, 0.2) is 0 Å². The average molecular weight is 396 g/mol. The molecule has 2 heterocycles. The lowest BCUT2D eigenvalue weighted by molar-refractivity contribution is 0.122. The second kappa shape index (κ2) is 7.69. The standard InChI is InChI=1S/C25H24N4O/c26-21-3-1-2-18(15-21)19-6-9-24-20(14-19)16-23(25(27)28-24)17-4-7-22(8-5-17)29-10-12-30-13-11-29/h1-9,14-16H,10-13,26H2,(H2,27,28). The first-order chi connectivity index (χ1) is 14.7. The number of nitrogens with two attached hydrogens (primary N) is 2. The molecule has 0 saturated carbocycles. The Hall–Kier alpha value is -3.57. The molecule has 4 N–H and O–H groups in total. The van der Waals surface area contributed by atoms with Gasteiger partial charge in [-0.05, 0) is 59.2 Å². The predicted molar refractivity (Wildman–Crippen MR) is 124 cm³/mol. The molecule has 0 atom stereocenters. The van der Waals surface area contributed by atoms with Gasteiger partial charge in [0.05, 0.1) is 18.7 Å². The van der Waals surface area contributed by atoms with Gasteiger partial charge in [0.25, 0.3) is 0 Å². The number of fused-ring (bicyclic) bond motifs is 1. The zero-order valence-electron chi connectivity index (χ0n) is 16.7. The van der Waals surface area contributed by atoms with Crippen LogP contribution in [0.5, 0.6) is 0 Å². The fourth-order valence-corrected chi connectivity index (χ4v) is 3.99. The number of rotatable bonds is 3. The number of nitrogens with zero attached hydrogens (tertiary/aromatic N) is 2. The van der Waals surface area contributed by atoms with Crippen LogP contribution in [0.1, 0.15) is 0 Å². The van der Waals surface area contributed by atoms with Crippen molar-refractivity contribution in [3.63, 3.8) is 0 Å². The van der Waals surface area contributed by atoms with Crippen molar-refractivity contribution in [1.82, 2.24) is 4.98 Å². The van der Waals surface area contributed by atoms with Crippen molar-refractivity contribution < 1.29 is 4.74 Å². The largest absolute Gasteiger partial charge is 0.399 e. The highest BCUT2D eigenvalue weighted by atomic mass is 16.5. The monoisotopic (exact) mass is 396 g/mol. The zero-order valence-corrected chi connectivity index (χ0v) is 16.7. The van der Waals surface area contributed by atoms with E-state index < -0.39 is 0 Å². The number of ether oxygens (including phenoxy) is 1. The highest BCUT2D eigenvalue weighted by Gasteiger charge is 2.12. The number of hydrogen-bond donors (Lipinski definition) is 2. The van der Waals surface area contributed by atoms with Crippen molar-refractivity contribution in [2.24, 2.45) is 0 Å². The summed E-state index contributed by atoms with van der Waals surface area (Å²) in [5.41, 5.74) is 19.3. The first kappa shape index (κ1) is 18.5. The molecule has 1 aromatic heterocycles. The molecule has 1 fully saturated rings. The molecule has 3 aromatic carbocycles. The number of anilines is 3. The summed E-state index contributed by atoms with van der Waals surface area (Å²) in [4.78, 5) is 6.98. The van der Waals surface area contributed by atoms with E-state index in [0.29, 0.717) is 5.82 Å². The third-order valence-corrected chi connectivity index (χ3v) is 5.62. The Balaban J connectivity index is 1.51. The normalized spacial score (nSPS) is 14.2. The van der Waals surface area contributed by atoms with E-state index in [-0.39, 0.29) is 0 Å². The van der Waals surface area contributed by atoms with Gasteiger partial charge in [-0.3, -0.25) is 0 Å². The molecule has 0 spiro atoms. The summed E-state index contributed by atoms with van der Waals surface area (Å²) in [5, 5.41) is 1.05. The Morgan fingerprint density at radius 3 is 2.27 bits per heavy atom. The first-order valence-corrected chi connectivity index (χ1v) is 10.2. The molecule has 5 nitrogen and oxygen atoms in total. The van der Waals surface area contributed by atoms with Crippen LogP contribution in [0.25, 0.3) is 33.2 Å². The average Bonchev–Trinajstić information content (AvgIpc) is 2.79. The topological polar surface area (TPSA) is 77.4 Å². The number of benzene rings is 3. The second-order valence-electron chi connectivity index (χ2n) is 7.60. The maximum absolute atomic E-state index is 6.31. The van der Waals surface area contributed by atoms with Crippen LogP contribution in [0.4, 0.5) is 17.2 Å². The summed E-state index contributed by atoms with van der Waals surface area (Å²) in [7, 11) is 0. The zero-order chi connectivity index (χ0) is 20.5. The van der Waals surface area contributed by atoms with Crippen LogP contribution in [0.2, 0.25) is 0 Å². The van der Waals surface area contributed by atoms with Crippen molar-refractivity contribution in [3.05, 3.63) is 72.8 Å². The van der Waals surface area contributed by atoms with E-state index in [0.717, 1.165) is 65.1 Å². The Bertz CT molecular complexity index is 1200. The summed E-state index contributed by atoms with van der Waals surface area (Å²) in [6.07, 6.45) is 0. The minimum atomic E-state index is 0.540. The lowest BCUT2D eigenvalue weighted by Gasteiger charge is -2.29. The molecular weight excluding hydrogens is 372 g/mol. The van der Waals surface area contributed by atoms with E-state index in [1.54, 1.807) is 0 Å². The van der Waals surface area contributed by atoms with Gasteiger partial charge in [0.1, 0.15) is 5.82 Å². The minimum absolute atomic E-state index is 0.540. The van der Waals surface area contributed by atoms with Crippen molar-refractivity contribution in [3.8, 4) is 22.3 Å². The molecule has 1 aliphatic rings. The van der Waals surface area contributed by atoms with Gasteiger partial charge in [-0.25, -0.2) is 4.98 Å². The van der Waals surface area contributed by atoms with Crippen molar-refractivity contribution in [1.29, 1.82) is 0 Å². The molecule has 5 rings (SSSR count). The number of hydrogen-bond acceptors (Lipinski definition) is 5. The van der Waals surface area contributed by atoms with Crippen LogP contribution in [-0.2, 0) is 4.74 Å². The van der Waals surface area contributed by atoms with Crippen LogP contribution < -0.4 is 16.4 Å².